The zero-order valence-corrected chi connectivity index (χ0v) is 8.46. The van der Waals surface area contributed by atoms with Crippen molar-refractivity contribution in [2.24, 2.45) is 11.3 Å². The van der Waals surface area contributed by atoms with Crippen LogP contribution in [0.15, 0.2) is 0 Å². The lowest BCUT2D eigenvalue weighted by Crippen LogP contribution is -2.46. The first-order chi connectivity index (χ1) is 6.36. The van der Waals surface area contributed by atoms with Gasteiger partial charge in [-0.2, -0.15) is 5.06 Å². The van der Waals surface area contributed by atoms with Crippen LogP contribution in [-0.4, -0.2) is 24.3 Å². The van der Waals surface area contributed by atoms with Crippen molar-refractivity contribution in [2.75, 3.05) is 13.2 Å². The number of piperidine rings is 1. The van der Waals surface area contributed by atoms with E-state index in [9.17, 15) is 0 Å². The van der Waals surface area contributed by atoms with Gasteiger partial charge in [-0.15, -0.1) is 0 Å². The molecule has 3 atom stereocenters. The van der Waals surface area contributed by atoms with Crippen LogP contribution in [0.2, 0.25) is 0 Å². The van der Waals surface area contributed by atoms with Gasteiger partial charge in [-0.1, -0.05) is 6.92 Å². The Morgan fingerprint density at radius 2 is 2.38 bits per heavy atom. The predicted molar refractivity (Wildman–Crippen MR) is 51.1 cm³/mol. The van der Waals surface area contributed by atoms with Crippen molar-refractivity contribution in [1.82, 2.24) is 5.06 Å². The van der Waals surface area contributed by atoms with Gasteiger partial charge in [0.2, 0.25) is 0 Å². The Kier molecular flexibility index (Phi) is 1.72. The van der Waals surface area contributed by atoms with Gasteiger partial charge < -0.3 is 0 Å². The van der Waals surface area contributed by atoms with Gasteiger partial charge in [0, 0.05) is 18.5 Å². The SMILES string of the molecule is CC[C@@]12CCCN3OC[C@@H](CC1)[C@H]32. The maximum absolute atomic E-state index is 5.75. The average molecular weight is 181 g/mol. The first-order valence-corrected chi connectivity index (χ1v) is 5.75. The van der Waals surface area contributed by atoms with Crippen LogP contribution in [0.4, 0.5) is 0 Å². The third kappa shape index (κ3) is 0.962. The second-order valence-electron chi connectivity index (χ2n) is 5.00. The zero-order chi connectivity index (χ0) is 8.89. The molecular formula is C11H19NO. The van der Waals surface area contributed by atoms with Gasteiger partial charge in [-0.05, 0) is 37.5 Å². The van der Waals surface area contributed by atoms with E-state index in [0.29, 0.717) is 5.41 Å². The Bertz CT molecular complexity index is 212. The van der Waals surface area contributed by atoms with E-state index in [1.54, 1.807) is 0 Å². The zero-order valence-electron chi connectivity index (χ0n) is 8.46. The van der Waals surface area contributed by atoms with Gasteiger partial charge in [-0.3, -0.25) is 4.84 Å². The standard InChI is InChI=1S/C11H19NO/c1-2-11-5-3-7-12-10(11)9(4-6-11)8-13-12/h9-10H,2-8H2,1H3/t9-,10+,11-/m1/s1. The van der Waals surface area contributed by atoms with Crippen LogP contribution < -0.4 is 0 Å². The third-order valence-electron chi connectivity index (χ3n) is 4.61. The van der Waals surface area contributed by atoms with Crippen molar-refractivity contribution < 1.29 is 4.84 Å². The number of hydroxylamine groups is 2. The maximum atomic E-state index is 5.75. The van der Waals surface area contributed by atoms with Gasteiger partial charge in [0.1, 0.15) is 0 Å². The molecule has 3 fully saturated rings. The fourth-order valence-electron chi connectivity index (χ4n) is 3.89. The van der Waals surface area contributed by atoms with Crippen LogP contribution >= 0.6 is 0 Å². The highest BCUT2D eigenvalue weighted by Gasteiger charge is 2.55. The predicted octanol–water partition coefficient (Wildman–Crippen LogP) is 2.20. The molecule has 0 unspecified atom stereocenters. The molecule has 0 radical (unpaired) electrons. The van der Waals surface area contributed by atoms with E-state index in [4.69, 9.17) is 4.84 Å². The average Bonchev–Trinajstić information content (AvgIpc) is 2.74. The van der Waals surface area contributed by atoms with Gasteiger partial charge in [0.05, 0.1) is 6.61 Å². The molecule has 2 saturated heterocycles. The van der Waals surface area contributed by atoms with E-state index in [-0.39, 0.29) is 0 Å². The van der Waals surface area contributed by atoms with Crippen LogP contribution in [0.3, 0.4) is 0 Å². The largest absolute Gasteiger partial charge is 0.298 e. The fraction of sp³-hybridized carbons (Fsp3) is 1.00. The first-order valence-electron chi connectivity index (χ1n) is 5.75. The molecule has 2 nitrogen and oxygen atoms in total. The summed E-state index contributed by atoms with van der Waals surface area (Å²) in [5.41, 5.74) is 0.638. The number of hydrogen-bond donors (Lipinski definition) is 0. The summed E-state index contributed by atoms with van der Waals surface area (Å²) in [5, 5.41) is 2.31. The van der Waals surface area contributed by atoms with E-state index in [1.807, 2.05) is 0 Å². The van der Waals surface area contributed by atoms with Crippen LogP contribution in [0.25, 0.3) is 0 Å². The molecule has 2 aliphatic heterocycles. The first kappa shape index (κ1) is 8.25. The Balaban J connectivity index is 1.94. The highest BCUT2D eigenvalue weighted by Crippen LogP contribution is 2.54. The molecule has 0 bridgehead atoms. The number of nitrogens with zero attached hydrogens (tertiary/aromatic N) is 1. The molecule has 1 saturated carbocycles. The molecule has 0 N–H and O–H groups in total. The molecule has 0 spiro atoms. The Morgan fingerprint density at radius 3 is 3.23 bits per heavy atom. The highest BCUT2D eigenvalue weighted by molar-refractivity contribution is 5.04. The van der Waals surface area contributed by atoms with Crippen LogP contribution in [-0.2, 0) is 4.84 Å². The molecule has 13 heavy (non-hydrogen) atoms. The minimum absolute atomic E-state index is 0.638. The summed E-state index contributed by atoms with van der Waals surface area (Å²) in [6.07, 6.45) is 7.02. The minimum Gasteiger partial charge on any atom is -0.298 e. The van der Waals surface area contributed by atoms with Gasteiger partial charge >= 0.3 is 0 Å². The monoisotopic (exact) mass is 181 g/mol. The maximum Gasteiger partial charge on any atom is 0.0729 e. The van der Waals surface area contributed by atoms with E-state index in [0.717, 1.165) is 18.6 Å². The van der Waals surface area contributed by atoms with Crippen LogP contribution in [0.1, 0.15) is 39.0 Å². The van der Waals surface area contributed by atoms with Crippen molar-refractivity contribution in [3.05, 3.63) is 0 Å². The lowest BCUT2D eigenvalue weighted by Gasteiger charge is -2.42. The van der Waals surface area contributed by atoms with Gasteiger partial charge in [0.25, 0.3) is 0 Å². The van der Waals surface area contributed by atoms with E-state index in [1.165, 1.54) is 38.6 Å². The lowest BCUT2D eigenvalue weighted by atomic mass is 9.73. The molecular weight excluding hydrogens is 162 g/mol. The van der Waals surface area contributed by atoms with Crippen molar-refractivity contribution in [1.29, 1.82) is 0 Å². The molecule has 0 aromatic rings. The summed E-state index contributed by atoms with van der Waals surface area (Å²) in [4.78, 5) is 5.75. The number of rotatable bonds is 1. The molecule has 2 heteroatoms. The molecule has 0 aromatic heterocycles. The Morgan fingerprint density at radius 1 is 1.46 bits per heavy atom. The summed E-state index contributed by atoms with van der Waals surface area (Å²) in [6, 6.07) is 0.784. The highest BCUT2D eigenvalue weighted by atomic mass is 16.7. The molecule has 3 rings (SSSR count). The molecule has 2 heterocycles. The fourth-order valence-corrected chi connectivity index (χ4v) is 3.89. The van der Waals surface area contributed by atoms with Crippen molar-refractivity contribution >= 4 is 0 Å². The molecule has 1 aliphatic carbocycles. The van der Waals surface area contributed by atoms with Crippen LogP contribution in [0.5, 0.6) is 0 Å². The third-order valence-corrected chi connectivity index (χ3v) is 4.61. The van der Waals surface area contributed by atoms with E-state index in [2.05, 4.69) is 12.0 Å². The quantitative estimate of drug-likeness (QED) is 0.615. The molecule has 0 aromatic carbocycles. The minimum atomic E-state index is 0.638. The van der Waals surface area contributed by atoms with Crippen LogP contribution in [0, 0.1) is 11.3 Å². The normalized spacial score (nSPS) is 49.6. The summed E-state index contributed by atoms with van der Waals surface area (Å²) < 4.78 is 0. The van der Waals surface area contributed by atoms with Crippen molar-refractivity contribution in [2.45, 2.75) is 45.1 Å². The second-order valence-corrected chi connectivity index (χ2v) is 5.00. The van der Waals surface area contributed by atoms with E-state index >= 15 is 0 Å². The topological polar surface area (TPSA) is 12.5 Å². The molecule has 74 valence electrons. The summed E-state index contributed by atoms with van der Waals surface area (Å²) in [5.74, 6) is 0.861. The lowest BCUT2D eigenvalue weighted by molar-refractivity contribution is -0.173. The van der Waals surface area contributed by atoms with Gasteiger partial charge in [0.15, 0.2) is 0 Å². The smallest absolute Gasteiger partial charge is 0.0729 e. The summed E-state index contributed by atoms with van der Waals surface area (Å²) in [7, 11) is 0. The van der Waals surface area contributed by atoms with Crippen molar-refractivity contribution in [3.8, 4) is 0 Å². The second kappa shape index (κ2) is 2.71. The summed E-state index contributed by atoms with van der Waals surface area (Å²) >= 11 is 0. The number of hydrogen-bond acceptors (Lipinski definition) is 2. The Hall–Kier alpha value is -0.0800. The van der Waals surface area contributed by atoms with Gasteiger partial charge in [-0.25, -0.2) is 0 Å². The Labute approximate surface area is 80.2 Å². The molecule has 0 amide bonds. The summed E-state index contributed by atoms with van der Waals surface area (Å²) in [6.45, 7) is 4.56. The van der Waals surface area contributed by atoms with E-state index < -0.39 is 0 Å². The van der Waals surface area contributed by atoms with Crippen molar-refractivity contribution in [3.63, 3.8) is 0 Å². The molecule has 3 aliphatic rings.